The first-order valence-corrected chi connectivity index (χ1v) is 10.0. The molecule has 1 aliphatic heterocycles. The highest BCUT2D eigenvalue weighted by Gasteiger charge is 2.21. The normalized spacial score (nSPS) is 13.2. The first-order valence-electron chi connectivity index (χ1n) is 9.13. The average Bonchev–Trinajstić information content (AvgIpc) is 3.21. The molecule has 1 amide bonds. The Labute approximate surface area is 192 Å². The van der Waals surface area contributed by atoms with Crippen LogP contribution in [0.25, 0.3) is 0 Å². The molecular weight excluding hydrogens is 503 g/mol. The van der Waals surface area contributed by atoms with Crippen LogP contribution < -0.4 is 20.1 Å². The van der Waals surface area contributed by atoms with Crippen molar-refractivity contribution < 1.29 is 14.3 Å². The molecule has 0 aliphatic carbocycles. The summed E-state index contributed by atoms with van der Waals surface area (Å²) in [5, 5.41) is 8.41. The Kier molecular flexibility index (Phi) is 9.02. The number of fused-ring (bicyclic) bond motifs is 1. The van der Waals surface area contributed by atoms with Crippen molar-refractivity contribution in [1.82, 2.24) is 15.5 Å². The molecule has 2 aromatic rings. The summed E-state index contributed by atoms with van der Waals surface area (Å²) in [5.41, 5.74) is 2.23. The fourth-order valence-corrected chi connectivity index (χ4v) is 4.02. The van der Waals surface area contributed by atoms with E-state index in [2.05, 4.69) is 27.1 Å². The quantitative estimate of drug-likeness (QED) is 0.342. The number of aliphatic imine (C=N–C) groups is 1. The Balaban J connectivity index is 0.00000300. The highest BCUT2D eigenvalue weighted by molar-refractivity contribution is 14.0. The lowest BCUT2D eigenvalue weighted by atomic mass is 10.1. The predicted octanol–water partition coefficient (Wildman–Crippen LogP) is 2.63. The van der Waals surface area contributed by atoms with E-state index in [1.165, 1.54) is 10.4 Å². The van der Waals surface area contributed by atoms with Crippen molar-refractivity contribution in [3.63, 3.8) is 0 Å². The van der Waals surface area contributed by atoms with Crippen LogP contribution in [-0.2, 0) is 24.3 Å². The monoisotopic (exact) mass is 530 g/mol. The molecule has 2 heterocycles. The van der Waals surface area contributed by atoms with Crippen LogP contribution in [0.5, 0.6) is 11.5 Å². The fourth-order valence-electron chi connectivity index (χ4n) is 3.13. The molecular formula is C20H27IN4O3S. The molecule has 1 aromatic heterocycles. The summed E-state index contributed by atoms with van der Waals surface area (Å²) in [6, 6.07) is 7.77. The zero-order valence-corrected chi connectivity index (χ0v) is 20.0. The second-order valence-electron chi connectivity index (χ2n) is 6.39. The molecule has 0 atom stereocenters. The first-order chi connectivity index (χ1) is 13.6. The Hall–Kier alpha value is -2.01. The predicted molar refractivity (Wildman–Crippen MR) is 127 cm³/mol. The number of hydrogen-bond donors (Lipinski definition) is 2. The number of thiophene rings is 1. The Bertz CT molecular complexity index is 856. The lowest BCUT2D eigenvalue weighted by Gasteiger charge is -2.27. The van der Waals surface area contributed by atoms with Gasteiger partial charge in [-0.15, -0.1) is 35.3 Å². The van der Waals surface area contributed by atoms with E-state index in [4.69, 9.17) is 9.47 Å². The van der Waals surface area contributed by atoms with E-state index in [9.17, 15) is 4.79 Å². The van der Waals surface area contributed by atoms with Gasteiger partial charge in [-0.2, -0.15) is 0 Å². The first kappa shape index (κ1) is 23.3. The van der Waals surface area contributed by atoms with Gasteiger partial charge in [-0.25, -0.2) is 0 Å². The van der Waals surface area contributed by atoms with E-state index < -0.39 is 0 Å². The number of hydrogen-bond acceptors (Lipinski definition) is 5. The SMILES string of the molecule is CN=C(NCC(=O)N1CCc2sccc2C1)NCc1ccc(OC)cc1OC.I. The van der Waals surface area contributed by atoms with E-state index in [1.807, 2.05) is 23.1 Å². The van der Waals surface area contributed by atoms with Gasteiger partial charge in [0.05, 0.1) is 20.8 Å². The van der Waals surface area contributed by atoms with Gasteiger partial charge in [0.15, 0.2) is 5.96 Å². The zero-order chi connectivity index (χ0) is 19.9. The lowest BCUT2D eigenvalue weighted by Crippen LogP contribution is -2.45. The molecule has 2 N–H and O–H groups in total. The molecule has 29 heavy (non-hydrogen) atoms. The Morgan fingerprint density at radius 1 is 1.24 bits per heavy atom. The maximum atomic E-state index is 12.5. The molecule has 0 fully saturated rings. The molecule has 3 rings (SSSR count). The molecule has 9 heteroatoms. The van der Waals surface area contributed by atoms with E-state index in [0.717, 1.165) is 30.0 Å². The second-order valence-corrected chi connectivity index (χ2v) is 7.39. The number of nitrogens with zero attached hydrogens (tertiary/aromatic N) is 2. The number of guanidine groups is 1. The topological polar surface area (TPSA) is 75.2 Å². The minimum Gasteiger partial charge on any atom is -0.497 e. The van der Waals surface area contributed by atoms with E-state index in [1.54, 1.807) is 32.6 Å². The molecule has 0 saturated heterocycles. The second kappa shape index (κ2) is 11.2. The molecule has 0 spiro atoms. The van der Waals surface area contributed by atoms with Crippen LogP contribution >= 0.6 is 35.3 Å². The van der Waals surface area contributed by atoms with Crippen LogP contribution in [0, 0.1) is 0 Å². The van der Waals surface area contributed by atoms with E-state index in [-0.39, 0.29) is 36.4 Å². The number of halogens is 1. The number of benzene rings is 1. The summed E-state index contributed by atoms with van der Waals surface area (Å²) in [4.78, 5) is 20.0. The number of carbonyl (C=O) groups excluding carboxylic acids is 1. The molecule has 0 saturated carbocycles. The number of ether oxygens (including phenoxy) is 2. The third-order valence-electron chi connectivity index (χ3n) is 4.73. The van der Waals surface area contributed by atoms with Gasteiger partial charge in [-0.1, -0.05) is 0 Å². The zero-order valence-electron chi connectivity index (χ0n) is 16.9. The van der Waals surface area contributed by atoms with Gasteiger partial charge >= 0.3 is 0 Å². The molecule has 1 aromatic carbocycles. The Morgan fingerprint density at radius 2 is 2.07 bits per heavy atom. The van der Waals surface area contributed by atoms with Crippen molar-refractivity contribution in [1.29, 1.82) is 0 Å². The molecule has 0 radical (unpaired) electrons. The highest BCUT2D eigenvalue weighted by atomic mass is 127. The third-order valence-corrected chi connectivity index (χ3v) is 5.75. The van der Waals surface area contributed by atoms with Crippen molar-refractivity contribution in [2.45, 2.75) is 19.5 Å². The summed E-state index contributed by atoms with van der Waals surface area (Å²) in [5.74, 6) is 2.11. The number of methoxy groups -OCH3 is 2. The van der Waals surface area contributed by atoms with Crippen molar-refractivity contribution in [2.75, 3.05) is 34.4 Å². The van der Waals surface area contributed by atoms with E-state index in [0.29, 0.717) is 19.0 Å². The number of amides is 1. The van der Waals surface area contributed by atoms with Crippen molar-refractivity contribution in [3.8, 4) is 11.5 Å². The van der Waals surface area contributed by atoms with Crippen LogP contribution in [0.1, 0.15) is 16.0 Å². The minimum atomic E-state index is 0. The van der Waals surface area contributed by atoms with Gasteiger partial charge in [-0.05, 0) is 35.6 Å². The summed E-state index contributed by atoms with van der Waals surface area (Å²) in [6.07, 6.45) is 0.934. The minimum absolute atomic E-state index is 0. The maximum Gasteiger partial charge on any atom is 0.242 e. The van der Waals surface area contributed by atoms with Crippen molar-refractivity contribution in [2.24, 2.45) is 4.99 Å². The van der Waals surface area contributed by atoms with Gasteiger partial charge in [0.1, 0.15) is 11.5 Å². The van der Waals surface area contributed by atoms with Crippen molar-refractivity contribution >= 4 is 47.2 Å². The lowest BCUT2D eigenvalue weighted by molar-refractivity contribution is -0.130. The molecule has 158 valence electrons. The average molecular weight is 530 g/mol. The highest BCUT2D eigenvalue weighted by Crippen LogP contribution is 2.25. The molecule has 1 aliphatic rings. The van der Waals surface area contributed by atoms with Crippen LogP contribution in [-0.4, -0.2) is 51.1 Å². The fraction of sp³-hybridized carbons (Fsp3) is 0.400. The van der Waals surface area contributed by atoms with E-state index >= 15 is 0 Å². The molecule has 7 nitrogen and oxygen atoms in total. The third kappa shape index (κ3) is 5.99. The summed E-state index contributed by atoms with van der Waals surface area (Å²) >= 11 is 1.77. The van der Waals surface area contributed by atoms with Gasteiger partial charge in [0.25, 0.3) is 0 Å². The van der Waals surface area contributed by atoms with Crippen LogP contribution in [0.15, 0.2) is 34.6 Å². The van der Waals surface area contributed by atoms with Crippen molar-refractivity contribution in [3.05, 3.63) is 45.6 Å². The number of nitrogens with one attached hydrogen (secondary N) is 2. The number of rotatable bonds is 6. The van der Waals surface area contributed by atoms with Gasteiger partial charge in [0.2, 0.25) is 5.91 Å². The molecule has 0 unspecified atom stereocenters. The summed E-state index contributed by atoms with van der Waals surface area (Å²) in [7, 11) is 4.93. The summed E-state index contributed by atoms with van der Waals surface area (Å²) in [6.45, 7) is 2.18. The maximum absolute atomic E-state index is 12.5. The van der Waals surface area contributed by atoms with Crippen LogP contribution in [0.3, 0.4) is 0 Å². The standard InChI is InChI=1S/C20H26N4O3S.HI/c1-21-20(22-11-14-4-5-16(26-2)10-17(14)27-3)23-12-19(25)24-8-6-18-15(13-24)7-9-28-18;/h4-5,7,9-10H,6,8,11-13H2,1-3H3,(H2,21,22,23);1H. The molecule has 0 bridgehead atoms. The van der Waals surface area contributed by atoms with Gasteiger partial charge < -0.3 is 25.0 Å². The van der Waals surface area contributed by atoms with Gasteiger partial charge in [0, 0.05) is 43.2 Å². The Morgan fingerprint density at radius 3 is 2.79 bits per heavy atom. The van der Waals surface area contributed by atoms with Crippen LogP contribution in [0.2, 0.25) is 0 Å². The summed E-state index contributed by atoms with van der Waals surface area (Å²) < 4.78 is 10.6. The number of carbonyl (C=O) groups is 1. The van der Waals surface area contributed by atoms with Gasteiger partial charge in [-0.3, -0.25) is 9.79 Å². The smallest absolute Gasteiger partial charge is 0.242 e. The largest absolute Gasteiger partial charge is 0.497 e. The van der Waals surface area contributed by atoms with Crippen LogP contribution in [0.4, 0.5) is 0 Å².